The Balaban J connectivity index is 1.83. The molecule has 0 saturated heterocycles. The summed E-state index contributed by atoms with van der Waals surface area (Å²) in [5.41, 5.74) is 5.93. The fourth-order valence-corrected chi connectivity index (χ4v) is 4.60. The van der Waals surface area contributed by atoms with Crippen molar-refractivity contribution in [1.82, 2.24) is 5.32 Å². The Bertz CT molecular complexity index is 1050. The zero-order chi connectivity index (χ0) is 22.3. The van der Waals surface area contributed by atoms with Crippen LogP contribution in [0.4, 0.5) is 0 Å². The van der Waals surface area contributed by atoms with E-state index < -0.39 is 6.10 Å². The summed E-state index contributed by atoms with van der Waals surface area (Å²) in [6.07, 6.45) is -0.527. The number of rotatable bonds is 8. The summed E-state index contributed by atoms with van der Waals surface area (Å²) in [6.45, 7) is 4.02. The first-order valence-electron chi connectivity index (χ1n) is 11.3. The monoisotopic (exact) mass is 421 g/mol. The number of aryl methyl sites for hydroxylation is 1. The Labute approximate surface area is 191 Å². The van der Waals surface area contributed by atoms with Crippen molar-refractivity contribution >= 4 is 0 Å². The molecule has 4 rings (SSSR count). The fraction of sp³-hybridized carbons (Fsp3) is 0.200. The van der Waals surface area contributed by atoms with Crippen molar-refractivity contribution < 1.29 is 5.11 Å². The van der Waals surface area contributed by atoms with E-state index >= 15 is 0 Å². The molecule has 0 heterocycles. The lowest BCUT2D eigenvalue weighted by Gasteiger charge is -2.35. The highest BCUT2D eigenvalue weighted by Gasteiger charge is 2.32. The second-order valence-corrected chi connectivity index (χ2v) is 8.43. The fourth-order valence-electron chi connectivity index (χ4n) is 4.60. The van der Waals surface area contributed by atoms with E-state index in [0.717, 1.165) is 0 Å². The van der Waals surface area contributed by atoms with Crippen LogP contribution in [0.1, 0.15) is 52.7 Å². The molecule has 2 nitrogen and oxygen atoms in total. The molecular weight excluding hydrogens is 390 g/mol. The molecule has 0 aliphatic heterocycles. The van der Waals surface area contributed by atoms with Crippen LogP contribution in [0, 0.1) is 6.92 Å². The lowest BCUT2D eigenvalue weighted by Crippen LogP contribution is -2.36. The summed E-state index contributed by atoms with van der Waals surface area (Å²) in [4.78, 5) is 0. The first-order chi connectivity index (χ1) is 15.6. The lowest BCUT2D eigenvalue weighted by molar-refractivity contribution is 0.138. The number of aliphatic hydroxyl groups is 1. The molecule has 4 aromatic carbocycles. The molecule has 4 aromatic rings. The van der Waals surface area contributed by atoms with E-state index in [4.69, 9.17) is 0 Å². The SMILES string of the molecule is Cc1ccccc1[C@H]([C@H](C)O)[C@H](NC(c1ccccc1)c1ccccc1)c1ccccc1. The topological polar surface area (TPSA) is 32.3 Å². The summed E-state index contributed by atoms with van der Waals surface area (Å²) in [5.74, 6) is -0.103. The van der Waals surface area contributed by atoms with E-state index in [2.05, 4.69) is 109 Å². The number of hydrogen-bond acceptors (Lipinski definition) is 2. The molecule has 2 N–H and O–H groups in total. The average molecular weight is 422 g/mol. The lowest BCUT2D eigenvalue weighted by atomic mass is 9.80. The highest BCUT2D eigenvalue weighted by Crippen LogP contribution is 2.38. The largest absolute Gasteiger partial charge is 0.393 e. The van der Waals surface area contributed by atoms with Crippen molar-refractivity contribution in [3.8, 4) is 0 Å². The molecule has 32 heavy (non-hydrogen) atoms. The third-order valence-corrected chi connectivity index (χ3v) is 6.20. The third kappa shape index (κ3) is 4.99. The Morgan fingerprint density at radius 1 is 0.594 bits per heavy atom. The summed E-state index contributed by atoms with van der Waals surface area (Å²) in [7, 11) is 0. The standard InChI is InChI=1S/C30H31NO/c1-22-14-12-13-21-27(22)28(23(2)32)30(26-19-10-5-11-20-26)31-29(24-15-6-3-7-16-24)25-17-8-4-9-18-25/h3-21,23,28-32H,1-2H3/t23-,28-,30+/m0/s1. The van der Waals surface area contributed by atoms with Crippen molar-refractivity contribution in [1.29, 1.82) is 0 Å². The van der Waals surface area contributed by atoms with Crippen LogP contribution in [0.15, 0.2) is 115 Å². The molecule has 0 fully saturated rings. The summed E-state index contributed by atoms with van der Waals surface area (Å²) >= 11 is 0. The van der Waals surface area contributed by atoms with Gasteiger partial charge in [-0.1, -0.05) is 115 Å². The predicted molar refractivity (Wildman–Crippen MR) is 133 cm³/mol. The van der Waals surface area contributed by atoms with E-state index in [1.165, 1.54) is 27.8 Å². The van der Waals surface area contributed by atoms with Crippen LogP contribution in [0.25, 0.3) is 0 Å². The molecule has 2 heteroatoms. The Hall–Kier alpha value is -3.20. The highest BCUT2D eigenvalue weighted by atomic mass is 16.3. The third-order valence-electron chi connectivity index (χ3n) is 6.20. The summed E-state index contributed by atoms with van der Waals surface area (Å²) in [6, 6.07) is 39.9. The molecule has 0 aliphatic carbocycles. The maximum absolute atomic E-state index is 11.0. The van der Waals surface area contributed by atoms with Crippen molar-refractivity contribution in [3.63, 3.8) is 0 Å². The van der Waals surface area contributed by atoms with Gasteiger partial charge in [0.15, 0.2) is 0 Å². The van der Waals surface area contributed by atoms with Gasteiger partial charge in [-0.3, -0.25) is 5.32 Å². The zero-order valence-electron chi connectivity index (χ0n) is 18.7. The second-order valence-electron chi connectivity index (χ2n) is 8.43. The molecule has 162 valence electrons. The van der Waals surface area contributed by atoms with Crippen LogP contribution >= 0.6 is 0 Å². The van der Waals surface area contributed by atoms with E-state index in [0.29, 0.717) is 0 Å². The smallest absolute Gasteiger partial charge is 0.0599 e. The van der Waals surface area contributed by atoms with Crippen LogP contribution in [0.5, 0.6) is 0 Å². The second kappa shape index (κ2) is 10.4. The van der Waals surface area contributed by atoms with Crippen LogP contribution < -0.4 is 5.32 Å². The first-order valence-corrected chi connectivity index (χ1v) is 11.3. The van der Waals surface area contributed by atoms with E-state index in [1.807, 2.05) is 25.1 Å². The molecule has 0 bridgehead atoms. The maximum Gasteiger partial charge on any atom is 0.0599 e. The van der Waals surface area contributed by atoms with E-state index in [1.54, 1.807) is 0 Å². The first kappa shape index (κ1) is 22.0. The Kier molecular flexibility index (Phi) is 7.16. The summed E-state index contributed by atoms with van der Waals surface area (Å²) < 4.78 is 0. The minimum absolute atomic E-state index is 0.00660. The maximum atomic E-state index is 11.0. The van der Waals surface area contributed by atoms with Crippen LogP contribution in [-0.4, -0.2) is 11.2 Å². The molecule has 0 aliphatic rings. The predicted octanol–water partition coefficient (Wildman–Crippen LogP) is 6.58. The van der Waals surface area contributed by atoms with Crippen molar-refractivity contribution in [2.75, 3.05) is 0 Å². The van der Waals surface area contributed by atoms with Gasteiger partial charge in [0.2, 0.25) is 0 Å². The Morgan fingerprint density at radius 3 is 1.50 bits per heavy atom. The molecule has 3 atom stereocenters. The molecule has 0 radical (unpaired) electrons. The average Bonchev–Trinajstić information content (AvgIpc) is 2.84. The van der Waals surface area contributed by atoms with Gasteiger partial charge in [0, 0.05) is 12.0 Å². The van der Waals surface area contributed by atoms with Crippen molar-refractivity contribution in [2.45, 2.75) is 38.0 Å². The number of benzene rings is 4. The minimum Gasteiger partial charge on any atom is -0.393 e. The number of nitrogens with one attached hydrogen (secondary N) is 1. The molecule has 0 saturated carbocycles. The van der Waals surface area contributed by atoms with Gasteiger partial charge >= 0.3 is 0 Å². The van der Waals surface area contributed by atoms with Gasteiger partial charge in [0.1, 0.15) is 0 Å². The van der Waals surface area contributed by atoms with Crippen LogP contribution in [0.3, 0.4) is 0 Å². The minimum atomic E-state index is -0.527. The molecule has 0 amide bonds. The van der Waals surface area contributed by atoms with Gasteiger partial charge in [-0.15, -0.1) is 0 Å². The quantitative estimate of drug-likeness (QED) is 0.337. The number of hydrogen-bond donors (Lipinski definition) is 2. The van der Waals surface area contributed by atoms with Gasteiger partial charge < -0.3 is 5.11 Å². The molecule has 0 unspecified atom stereocenters. The van der Waals surface area contributed by atoms with Gasteiger partial charge in [-0.2, -0.15) is 0 Å². The van der Waals surface area contributed by atoms with Gasteiger partial charge in [0.05, 0.1) is 12.1 Å². The van der Waals surface area contributed by atoms with E-state index in [9.17, 15) is 5.11 Å². The van der Waals surface area contributed by atoms with Crippen LogP contribution in [-0.2, 0) is 0 Å². The van der Waals surface area contributed by atoms with Crippen molar-refractivity contribution in [3.05, 3.63) is 143 Å². The van der Waals surface area contributed by atoms with Crippen molar-refractivity contribution in [2.24, 2.45) is 0 Å². The van der Waals surface area contributed by atoms with Gasteiger partial charge in [-0.25, -0.2) is 0 Å². The zero-order valence-corrected chi connectivity index (χ0v) is 18.7. The van der Waals surface area contributed by atoms with Gasteiger partial charge in [0.25, 0.3) is 0 Å². The highest BCUT2D eigenvalue weighted by molar-refractivity contribution is 5.37. The Morgan fingerprint density at radius 2 is 1.03 bits per heavy atom. The molecule has 0 aromatic heterocycles. The van der Waals surface area contributed by atoms with E-state index in [-0.39, 0.29) is 18.0 Å². The molecule has 0 spiro atoms. The van der Waals surface area contributed by atoms with Crippen LogP contribution in [0.2, 0.25) is 0 Å². The normalized spacial score (nSPS) is 14.1. The number of aliphatic hydroxyl groups excluding tert-OH is 1. The van der Waals surface area contributed by atoms with Gasteiger partial charge in [-0.05, 0) is 41.7 Å². The molecular formula is C30H31NO. The summed E-state index contributed by atoms with van der Waals surface area (Å²) in [5, 5.41) is 15.0.